The molecule has 0 saturated heterocycles. The molecule has 0 saturated carbocycles. The molecule has 4 aromatic rings. The van der Waals surface area contributed by atoms with Crippen LogP contribution in [0.1, 0.15) is 0 Å². The highest BCUT2D eigenvalue weighted by Crippen LogP contribution is 2.26. The second-order valence-electron chi connectivity index (χ2n) is 4.49. The van der Waals surface area contributed by atoms with Crippen molar-refractivity contribution >= 4 is 17.0 Å². The molecule has 0 unspecified atom stereocenters. The fraction of sp³-hybridized carbons (Fsp3) is 0. The van der Waals surface area contributed by atoms with Gasteiger partial charge in [0.1, 0.15) is 16.3 Å². The minimum atomic E-state index is 0.941. The summed E-state index contributed by atoms with van der Waals surface area (Å²) in [6.07, 6.45) is 5.75. The number of hydrogen-bond donors (Lipinski definition) is 0. The summed E-state index contributed by atoms with van der Waals surface area (Å²) in [7, 11) is 0. The zero-order valence-electron chi connectivity index (χ0n) is 10.6. The van der Waals surface area contributed by atoms with Gasteiger partial charge < -0.3 is 0 Å². The topological polar surface area (TPSA) is 30.2 Å². The normalized spacial score (nSPS) is 11.0. The molecule has 0 spiro atoms. The van der Waals surface area contributed by atoms with Crippen LogP contribution in [-0.4, -0.2) is 14.4 Å². The highest BCUT2D eigenvalue weighted by molar-refractivity contribution is 7.13. The molecule has 0 aliphatic rings. The number of fused-ring (bicyclic) bond motifs is 1. The zero-order chi connectivity index (χ0) is 13.4. The molecule has 20 heavy (non-hydrogen) atoms. The van der Waals surface area contributed by atoms with Gasteiger partial charge in [0, 0.05) is 17.8 Å². The van der Waals surface area contributed by atoms with Crippen molar-refractivity contribution in [2.24, 2.45) is 0 Å². The van der Waals surface area contributed by atoms with Gasteiger partial charge in [-0.25, -0.2) is 9.97 Å². The van der Waals surface area contributed by atoms with Gasteiger partial charge in [-0.1, -0.05) is 30.3 Å². The quantitative estimate of drug-likeness (QED) is 0.551. The summed E-state index contributed by atoms with van der Waals surface area (Å²) in [6.45, 7) is 0. The highest BCUT2D eigenvalue weighted by atomic mass is 32.1. The Balaban J connectivity index is 1.87. The Morgan fingerprint density at radius 2 is 1.85 bits per heavy atom. The van der Waals surface area contributed by atoms with E-state index in [0.29, 0.717) is 0 Å². The first kappa shape index (κ1) is 11.4. The van der Waals surface area contributed by atoms with E-state index in [-0.39, 0.29) is 0 Å². The lowest BCUT2D eigenvalue weighted by molar-refractivity contribution is 1.18. The smallest absolute Gasteiger partial charge is 0.141 e. The van der Waals surface area contributed by atoms with Crippen molar-refractivity contribution in [3.8, 4) is 21.8 Å². The van der Waals surface area contributed by atoms with E-state index in [0.717, 1.165) is 16.3 Å². The second-order valence-corrected chi connectivity index (χ2v) is 5.38. The van der Waals surface area contributed by atoms with Crippen molar-refractivity contribution in [2.75, 3.05) is 0 Å². The summed E-state index contributed by atoms with van der Waals surface area (Å²) in [5.74, 6) is 0. The molecule has 0 aliphatic carbocycles. The maximum atomic E-state index is 4.49. The Labute approximate surface area is 120 Å². The van der Waals surface area contributed by atoms with Crippen molar-refractivity contribution in [2.45, 2.75) is 0 Å². The fourth-order valence-corrected chi connectivity index (χ4v) is 2.94. The largest absolute Gasteiger partial charge is 0.297 e. The number of pyridine rings is 1. The predicted octanol–water partition coefficient (Wildman–Crippen LogP) is 4.12. The first-order chi connectivity index (χ1) is 9.92. The molecule has 0 N–H and O–H groups in total. The molecule has 4 heteroatoms. The molecule has 0 atom stereocenters. The van der Waals surface area contributed by atoms with Gasteiger partial charge in [0.15, 0.2) is 0 Å². The van der Waals surface area contributed by atoms with Gasteiger partial charge in [-0.2, -0.15) is 0 Å². The minimum absolute atomic E-state index is 0.941. The van der Waals surface area contributed by atoms with Gasteiger partial charge >= 0.3 is 0 Å². The third-order valence-electron chi connectivity index (χ3n) is 3.27. The lowest BCUT2D eigenvalue weighted by atomic mass is 10.1. The summed E-state index contributed by atoms with van der Waals surface area (Å²) in [5.41, 5.74) is 4.36. The Kier molecular flexibility index (Phi) is 2.60. The predicted molar refractivity (Wildman–Crippen MR) is 81.7 cm³/mol. The Morgan fingerprint density at radius 3 is 2.65 bits per heavy atom. The average Bonchev–Trinajstić information content (AvgIpc) is 3.16. The van der Waals surface area contributed by atoms with E-state index in [2.05, 4.69) is 44.8 Å². The average molecular weight is 277 g/mol. The molecular weight excluding hydrogens is 266 g/mol. The molecule has 3 heterocycles. The molecule has 96 valence electrons. The third-order valence-corrected chi connectivity index (χ3v) is 4.07. The molecule has 4 rings (SSSR count). The third kappa shape index (κ3) is 1.82. The maximum absolute atomic E-state index is 4.49. The van der Waals surface area contributed by atoms with Crippen molar-refractivity contribution in [1.82, 2.24) is 14.4 Å². The van der Waals surface area contributed by atoms with Crippen LogP contribution in [0.15, 0.2) is 66.4 Å². The van der Waals surface area contributed by atoms with E-state index in [1.54, 1.807) is 11.3 Å². The number of benzene rings is 1. The summed E-state index contributed by atoms with van der Waals surface area (Å²) >= 11 is 1.62. The molecular formula is C16H11N3S. The number of imidazole rings is 1. The van der Waals surface area contributed by atoms with Gasteiger partial charge in [-0.15, -0.1) is 11.3 Å². The van der Waals surface area contributed by atoms with E-state index >= 15 is 0 Å². The summed E-state index contributed by atoms with van der Waals surface area (Å²) in [4.78, 5) is 8.84. The molecule has 1 aromatic carbocycles. The van der Waals surface area contributed by atoms with E-state index in [1.807, 2.05) is 36.0 Å². The molecule has 0 bridgehead atoms. The van der Waals surface area contributed by atoms with E-state index in [1.165, 1.54) is 11.1 Å². The first-order valence-corrected chi connectivity index (χ1v) is 7.22. The summed E-state index contributed by atoms with van der Waals surface area (Å²) in [5, 5.41) is 2.97. The SMILES string of the molecule is c1ccc(-c2ccn3c(-c4nccs4)cnc3c2)cc1. The van der Waals surface area contributed by atoms with Crippen LogP contribution in [0.4, 0.5) is 0 Å². The maximum Gasteiger partial charge on any atom is 0.141 e. The van der Waals surface area contributed by atoms with Gasteiger partial charge in [0.2, 0.25) is 0 Å². The number of thiazole rings is 1. The highest BCUT2D eigenvalue weighted by Gasteiger charge is 2.08. The van der Waals surface area contributed by atoms with Crippen molar-refractivity contribution < 1.29 is 0 Å². The monoisotopic (exact) mass is 277 g/mol. The van der Waals surface area contributed by atoms with Crippen LogP contribution in [0.2, 0.25) is 0 Å². The Hall–Kier alpha value is -2.46. The van der Waals surface area contributed by atoms with E-state index in [4.69, 9.17) is 0 Å². The van der Waals surface area contributed by atoms with Crippen LogP contribution in [0.5, 0.6) is 0 Å². The van der Waals surface area contributed by atoms with E-state index in [9.17, 15) is 0 Å². The van der Waals surface area contributed by atoms with Crippen LogP contribution in [0.25, 0.3) is 27.5 Å². The van der Waals surface area contributed by atoms with Crippen molar-refractivity contribution in [1.29, 1.82) is 0 Å². The second kappa shape index (κ2) is 4.58. The van der Waals surface area contributed by atoms with Crippen molar-refractivity contribution in [3.63, 3.8) is 0 Å². The van der Waals surface area contributed by atoms with E-state index < -0.39 is 0 Å². The summed E-state index contributed by atoms with van der Waals surface area (Å²) < 4.78 is 2.07. The molecule has 0 fully saturated rings. The van der Waals surface area contributed by atoms with Gasteiger partial charge in [-0.05, 0) is 23.3 Å². The number of rotatable bonds is 2. The Bertz CT molecular complexity index is 848. The van der Waals surface area contributed by atoms with Crippen LogP contribution in [0, 0.1) is 0 Å². The van der Waals surface area contributed by atoms with Crippen molar-refractivity contribution in [3.05, 3.63) is 66.4 Å². The lowest BCUT2D eigenvalue weighted by Gasteiger charge is -2.03. The van der Waals surface area contributed by atoms with Gasteiger partial charge in [-0.3, -0.25) is 4.40 Å². The fourth-order valence-electron chi connectivity index (χ4n) is 2.30. The van der Waals surface area contributed by atoms with Crippen LogP contribution in [0.3, 0.4) is 0 Å². The number of nitrogens with zero attached hydrogens (tertiary/aromatic N) is 3. The standard InChI is InChI=1S/C16H11N3S/c1-2-4-12(5-3-1)13-6-8-19-14(11-18-15(19)10-13)16-17-7-9-20-16/h1-11H. The molecule has 0 amide bonds. The van der Waals surface area contributed by atoms with Crippen LogP contribution < -0.4 is 0 Å². The lowest BCUT2D eigenvalue weighted by Crippen LogP contribution is -1.88. The minimum Gasteiger partial charge on any atom is -0.297 e. The number of aromatic nitrogens is 3. The molecule has 3 aromatic heterocycles. The molecule has 3 nitrogen and oxygen atoms in total. The zero-order valence-corrected chi connectivity index (χ0v) is 11.4. The summed E-state index contributed by atoms with van der Waals surface area (Å²) in [6, 6.07) is 14.6. The van der Waals surface area contributed by atoms with Crippen LogP contribution >= 0.6 is 11.3 Å². The van der Waals surface area contributed by atoms with Gasteiger partial charge in [0.25, 0.3) is 0 Å². The Morgan fingerprint density at radius 1 is 0.950 bits per heavy atom. The molecule has 0 radical (unpaired) electrons. The van der Waals surface area contributed by atoms with Crippen LogP contribution in [-0.2, 0) is 0 Å². The van der Waals surface area contributed by atoms with Gasteiger partial charge in [0.05, 0.1) is 6.20 Å². The number of hydrogen-bond acceptors (Lipinski definition) is 3. The first-order valence-electron chi connectivity index (χ1n) is 6.34. The molecule has 0 aliphatic heterocycles.